The van der Waals surface area contributed by atoms with Crippen molar-refractivity contribution in [3.63, 3.8) is 0 Å². The number of carbonyl (C=O) groups is 2. The Morgan fingerprint density at radius 2 is 1.67 bits per heavy atom. The van der Waals surface area contributed by atoms with Gasteiger partial charge in [-0.2, -0.15) is 0 Å². The van der Waals surface area contributed by atoms with Crippen LogP contribution in [0.4, 0.5) is 5.69 Å². The van der Waals surface area contributed by atoms with Crippen LogP contribution in [-0.4, -0.2) is 17.1 Å². The summed E-state index contributed by atoms with van der Waals surface area (Å²) >= 11 is 0. The Morgan fingerprint density at radius 3 is 2.41 bits per heavy atom. The fourth-order valence-electron chi connectivity index (χ4n) is 3.41. The Balaban J connectivity index is 1.81. The number of aryl methyl sites for hydroxylation is 1. The van der Waals surface area contributed by atoms with Gasteiger partial charge in [0.25, 0.3) is 0 Å². The molecule has 2 N–H and O–H groups in total. The number of carbonyl (C=O) groups excluding carboxylic acids is 2. The van der Waals surface area contributed by atoms with Crippen molar-refractivity contribution < 1.29 is 9.59 Å². The van der Waals surface area contributed by atoms with Gasteiger partial charge in [-0.3, -0.25) is 4.79 Å². The molecule has 27 heavy (non-hydrogen) atoms. The smallest absolute Gasteiger partial charge is 0.179 e. The number of anilines is 1. The van der Waals surface area contributed by atoms with Crippen LogP contribution in [0, 0.1) is 6.92 Å². The predicted molar refractivity (Wildman–Crippen MR) is 108 cm³/mol. The van der Waals surface area contributed by atoms with Crippen molar-refractivity contribution in [3.05, 3.63) is 83.6 Å². The van der Waals surface area contributed by atoms with Gasteiger partial charge in [0.05, 0.1) is 16.9 Å². The number of fused-ring (bicyclic) bond motifs is 2. The molecule has 0 spiro atoms. The molecule has 1 atom stereocenters. The van der Waals surface area contributed by atoms with Gasteiger partial charge in [0.1, 0.15) is 12.2 Å². The third kappa shape index (κ3) is 2.95. The number of hydrogen-bond donors (Lipinski definition) is 1. The monoisotopic (exact) mass is 354 g/mol. The summed E-state index contributed by atoms with van der Waals surface area (Å²) in [4.78, 5) is 29.5. The molecule has 4 heteroatoms. The van der Waals surface area contributed by atoms with Crippen molar-refractivity contribution in [2.75, 3.05) is 5.73 Å². The average molecular weight is 354 g/mol. The van der Waals surface area contributed by atoms with Crippen molar-refractivity contribution in [2.24, 2.45) is 0 Å². The van der Waals surface area contributed by atoms with Crippen molar-refractivity contribution >= 4 is 39.4 Å². The lowest BCUT2D eigenvalue weighted by atomic mass is 9.90. The van der Waals surface area contributed by atoms with Gasteiger partial charge < -0.3 is 10.5 Å². The minimum absolute atomic E-state index is 0.255. The van der Waals surface area contributed by atoms with Gasteiger partial charge in [0.15, 0.2) is 5.78 Å². The number of Topliss-reactive ketones (excluding diaryl/α,β-unsaturated/α-hetero) is 1. The third-order valence-corrected chi connectivity index (χ3v) is 4.87. The SMILES string of the molecule is Cc1cc2ccccc2cc1C(=O)C(C=O)c1ccc2cccc(N)c2n1. The van der Waals surface area contributed by atoms with E-state index in [-0.39, 0.29) is 5.78 Å². The average Bonchev–Trinajstić information content (AvgIpc) is 2.68. The third-order valence-electron chi connectivity index (χ3n) is 4.87. The van der Waals surface area contributed by atoms with Crippen LogP contribution in [0.15, 0.2) is 66.7 Å². The molecule has 4 rings (SSSR count). The fraction of sp³-hybridized carbons (Fsp3) is 0.0870. The van der Waals surface area contributed by atoms with Crippen LogP contribution in [0.1, 0.15) is 27.5 Å². The Kier molecular flexibility index (Phi) is 4.16. The highest BCUT2D eigenvalue weighted by Crippen LogP contribution is 2.27. The predicted octanol–water partition coefficient (Wildman–Crippen LogP) is 4.44. The number of ketones is 1. The number of para-hydroxylation sites is 1. The second-order valence-electron chi connectivity index (χ2n) is 6.65. The standard InChI is InChI=1S/C23H18N2O2/c1-14-11-16-5-2-3-6-17(16)12-18(14)23(27)19(13-26)21-10-9-15-7-4-8-20(24)22(15)25-21/h2-13,19H,24H2,1H3. The van der Waals surface area contributed by atoms with E-state index in [1.54, 1.807) is 12.1 Å². The molecular weight excluding hydrogens is 336 g/mol. The maximum atomic E-state index is 13.2. The summed E-state index contributed by atoms with van der Waals surface area (Å²) in [6.45, 7) is 1.88. The molecule has 0 radical (unpaired) electrons. The van der Waals surface area contributed by atoms with E-state index in [0.717, 1.165) is 21.7 Å². The molecular formula is C23H18N2O2. The highest BCUT2D eigenvalue weighted by atomic mass is 16.1. The number of aldehydes is 1. The second-order valence-corrected chi connectivity index (χ2v) is 6.65. The number of aromatic nitrogens is 1. The highest BCUT2D eigenvalue weighted by Gasteiger charge is 2.25. The Morgan fingerprint density at radius 1 is 0.963 bits per heavy atom. The van der Waals surface area contributed by atoms with Crippen LogP contribution in [0.5, 0.6) is 0 Å². The number of nitrogens with zero attached hydrogens (tertiary/aromatic N) is 1. The molecule has 0 aliphatic rings. The molecule has 0 saturated heterocycles. The van der Waals surface area contributed by atoms with Gasteiger partial charge in [-0.1, -0.05) is 48.5 Å². The van der Waals surface area contributed by atoms with Gasteiger partial charge in [-0.15, -0.1) is 0 Å². The van der Waals surface area contributed by atoms with E-state index in [9.17, 15) is 9.59 Å². The zero-order chi connectivity index (χ0) is 19.0. The molecule has 4 nitrogen and oxygen atoms in total. The quantitative estimate of drug-likeness (QED) is 0.254. The molecule has 0 saturated carbocycles. The van der Waals surface area contributed by atoms with Gasteiger partial charge in [0.2, 0.25) is 0 Å². The van der Waals surface area contributed by atoms with Crippen molar-refractivity contribution in [3.8, 4) is 0 Å². The summed E-state index contributed by atoms with van der Waals surface area (Å²) < 4.78 is 0. The second kappa shape index (κ2) is 6.65. The Hall–Kier alpha value is -3.53. The molecule has 4 aromatic rings. The molecule has 0 aliphatic carbocycles. The van der Waals surface area contributed by atoms with Gasteiger partial charge in [0, 0.05) is 10.9 Å². The first kappa shape index (κ1) is 16.9. The van der Waals surface area contributed by atoms with Crippen LogP contribution >= 0.6 is 0 Å². The molecule has 1 aromatic heterocycles. The lowest BCUT2D eigenvalue weighted by Crippen LogP contribution is -2.17. The minimum atomic E-state index is -0.964. The van der Waals surface area contributed by atoms with Crippen molar-refractivity contribution in [1.29, 1.82) is 0 Å². The summed E-state index contributed by atoms with van der Waals surface area (Å²) in [6.07, 6.45) is 0.657. The zero-order valence-electron chi connectivity index (χ0n) is 14.8. The first-order valence-electron chi connectivity index (χ1n) is 8.72. The van der Waals surface area contributed by atoms with Crippen LogP contribution in [0.25, 0.3) is 21.7 Å². The number of pyridine rings is 1. The molecule has 0 aliphatic heterocycles. The molecule has 3 aromatic carbocycles. The van der Waals surface area contributed by atoms with E-state index in [1.165, 1.54) is 0 Å². The molecule has 1 unspecified atom stereocenters. The van der Waals surface area contributed by atoms with Crippen molar-refractivity contribution in [1.82, 2.24) is 4.98 Å². The van der Waals surface area contributed by atoms with Gasteiger partial charge in [-0.25, -0.2) is 4.98 Å². The van der Waals surface area contributed by atoms with E-state index >= 15 is 0 Å². The topological polar surface area (TPSA) is 73.0 Å². The molecule has 1 heterocycles. The Labute approximate surface area is 156 Å². The maximum absolute atomic E-state index is 13.2. The van der Waals surface area contributed by atoms with Crippen molar-refractivity contribution in [2.45, 2.75) is 12.8 Å². The summed E-state index contributed by atoms with van der Waals surface area (Å²) in [5.74, 6) is -1.22. The largest absolute Gasteiger partial charge is 0.397 e. The normalized spacial score (nSPS) is 12.2. The van der Waals surface area contributed by atoms with E-state index in [1.807, 2.05) is 61.5 Å². The van der Waals surface area contributed by atoms with E-state index in [4.69, 9.17) is 5.73 Å². The Bertz CT molecular complexity index is 1200. The summed E-state index contributed by atoms with van der Waals surface area (Å²) in [6, 6.07) is 20.7. The molecule has 132 valence electrons. The first-order chi connectivity index (χ1) is 13.1. The summed E-state index contributed by atoms with van der Waals surface area (Å²) in [5.41, 5.74) is 8.91. The fourth-order valence-corrected chi connectivity index (χ4v) is 3.41. The maximum Gasteiger partial charge on any atom is 0.179 e. The minimum Gasteiger partial charge on any atom is -0.397 e. The first-order valence-corrected chi connectivity index (χ1v) is 8.72. The van der Waals surface area contributed by atoms with Gasteiger partial charge >= 0.3 is 0 Å². The van der Waals surface area contributed by atoms with Crippen LogP contribution in [0.3, 0.4) is 0 Å². The molecule has 0 amide bonds. The van der Waals surface area contributed by atoms with E-state index in [2.05, 4.69) is 4.98 Å². The molecule has 0 fully saturated rings. The number of benzene rings is 3. The number of hydrogen-bond acceptors (Lipinski definition) is 4. The lowest BCUT2D eigenvalue weighted by Gasteiger charge is -2.13. The van der Waals surface area contributed by atoms with E-state index in [0.29, 0.717) is 28.7 Å². The lowest BCUT2D eigenvalue weighted by molar-refractivity contribution is -0.108. The van der Waals surface area contributed by atoms with Crippen LogP contribution < -0.4 is 5.73 Å². The highest BCUT2D eigenvalue weighted by molar-refractivity contribution is 6.11. The zero-order valence-corrected chi connectivity index (χ0v) is 14.8. The number of nitrogens with two attached hydrogens (primary N) is 1. The summed E-state index contributed by atoms with van der Waals surface area (Å²) in [7, 11) is 0. The summed E-state index contributed by atoms with van der Waals surface area (Å²) in [5, 5.41) is 2.90. The number of rotatable bonds is 4. The number of nitrogen functional groups attached to an aromatic ring is 1. The van der Waals surface area contributed by atoms with Crippen LogP contribution in [-0.2, 0) is 4.79 Å². The molecule has 0 bridgehead atoms. The van der Waals surface area contributed by atoms with Gasteiger partial charge in [-0.05, 0) is 41.5 Å². The van der Waals surface area contributed by atoms with E-state index < -0.39 is 5.92 Å². The van der Waals surface area contributed by atoms with Crippen LogP contribution in [0.2, 0.25) is 0 Å².